The molecule has 2 saturated heterocycles. The van der Waals surface area contributed by atoms with Crippen molar-refractivity contribution in [2.75, 3.05) is 24.3 Å². The summed E-state index contributed by atoms with van der Waals surface area (Å²) >= 11 is 16.4. The van der Waals surface area contributed by atoms with Crippen molar-refractivity contribution in [1.82, 2.24) is 82.6 Å². The number of imide groups is 1. The highest BCUT2D eigenvalue weighted by atomic mass is 79.9. The van der Waals surface area contributed by atoms with Gasteiger partial charge in [0.15, 0.2) is 18.1 Å². The van der Waals surface area contributed by atoms with Crippen LogP contribution in [0, 0.1) is 42.2 Å². The number of ether oxygens (including phenoxy) is 1. The maximum atomic E-state index is 13.6. The molecule has 4 amide bonds. The predicted octanol–water partition coefficient (Wildman–Crippen LogP) is 17.5. The second kappa shape index (κ2) is 38.8. The zero-order chi connectivity index (χ0) is 96.4. The number of pyridine rings is 3. The van der Waals surface area contributed by atoms with E-state index in [4.69, 9.17) is 39.3 Å². The molecule has 4 N–H and O–H groups in total. The van der Waals surface area contributed by atoms with E-state index in [-0.39, 0.29) is 51.4 Å². The number of anilines is 3. The third-order valence-electron chi connectivity index (χ3n) is 22.3. The molecule has 0 aliphatic carbocycles. The van der Waals surface area contributed by atoms with E-state index >= 15 is 0 Å². The number of carbonyl (C=O) groups excluding carboxylic acids is 4. The third-order valence-corrected chi connectivity index (χ3v) is 26.8. The number of nitrogens with one attached hydrogen (secondary N) is 2. The smallest absolute Gasteiger partial charge is 0.333 e. The van der Waals surface area contributed by atoms with E-state index in [1.54, 1.807) is 123 Å². The predicted molar refractivity (Wildman–Crippen MR) is 538 cm³/mol. The number of carbonyl (C=O) groups is 4. The number of nitro groups is 1. The number of sulfonamides is 1. The van der Waals surface area contributed by atoms with Gasteiger partial charge in [0, 0.05) is 82.5 Å². The molecule has 39 heteroatoms. The number of nitro benzene ring substituents is 1. The average molecular weight is 1980 g/mol. The second-order valence-corrected chi connectivity index (χ2v) is 37.7. The number of nitrogen functional groups attached to an aromatic ring is 1. The molecule has 21 rings (SSSR count). The lowest BCUT2D eigenvalue weighted by Crippen LogP contribution is -2.35. The van der Waals surface area contributed by atoms with E-state index < -0.39 is 20.4 Å². The number of hydrogen-bond donors (Lipinski definition) is 3. The lowest BCUT2D eigenvalue weighted by Gasteiger charge is -2.29. The van der Waals surface area contributed by atoms with Gasteiger partial charge in [0.25, 0.3) is 44.2 Å². The third kappa shape index (κ3) is 19.4. The summed E-state index contributed by atoms with van der Waals surface area (Å²) in [5.74, 6) is 0.740. The molecule has 9 aromatic heterocycles. The molecule has 12 heterocycles. The number of benzene rings is 9. The van der Waals surface area contributed by atoms with E-state index in [1.807, 2.05) is 172 Å². The fraction of sp³-hybridized carbons (Fsp3) is 0.102. The van der Waals surface area contributed by atoms with Crippen LogP contribution in [0.3, 0.4) is 0 Å². The molecule has 680 valence electrons. The number of halogens is 2. The van der Waals surface area contributed by atoms with Gasteiger partial charge >= 0.3 is 5.69 Å². The van der Waals surface area contributed by atoms with E-state index in [1.165, 1.54) is 43.5 Å². The van der Waals surface area contributed by atoms with Crippen LogP contribution in [0.25, 0.3) is 106 Å². The number of para-hydroxylation sites is 2. The lowest BCUT2D eigenvalue weighted by molar-refractivity contribution is -0.385. The SMILES string of the molecule is Cc1ccc([N+](=O)[O-])cc1S(=O)(=O)N(C)/N=C/c1cnc2ccc(Br)cn12.Cc1ccccc1-n1c(Cn2cnc3c(N)ncnc32)nc2cccc(C)c2c1=O.Cn1c(=O)n(-c2ccc(C(C)(C)C#N)cc2)c2c3cc(-c4cnc5ccccc5c4)ccc3ncc21.O=C1NC(=O)/C(=C/c2ccc3nccnc3c2)S1.O=C1NC(=S)S/C1=C\c1ccc2c(c1)N(c1ccc(Cl)cc1)C(=O)CO2. The Morgan fingerprint density at radius 2 is 1.39 bits per heavy atom. The number of nitrogens with two attached hydrogens (primary N) is 1. The largest absolute Gasteiger partial charge is 0.482 e. The molecule has 9 aromatic carbocycles. The van der Waals surface area contributed by atoms with Crippen molar-refractivity contribution in [3.05, 3.63) is 351 Å². The second-order valence-electron chi connectivity index (χ2n) is 31.7. The molecular formula is C98H74BrClN22O11S4. The average Bonchev–Trinajstić information content (AvgIpc) is 1.59. The summed E-state index contributed by atoms with van der Waals surface area (Å²) in [6, 6.07) is 65.0. The number of amides is 4. The fourth-order valence-electron chi connectivity index (χ4n) is 15.3. The number of fused-ring (bicyclic) bond motifs is 9. The van der Waals surface area contributed by atoms with Gasteiger partial charge in [-0.05, 0) is 223 Å². The molecule has 3 aliphatic rings. The standard InChI is InChI=1S/C30H23N5O.C22H19N7O.C18H11ClN2O3S2.C16H14BrN5O4S.C12H7N3O2S/c1-30(2,18-31)22-9-11-23(12-10-22)35-28-24-15-19(21-14-20-6-4-5-7-25(20)32-16-21)8-13-26(24)33-17-27(28)34(3)29(35)36;1-13-6-3-4-9-16(13)29-17(27-15-8-5-7-14(2)18(15)22(29)30)10-28-12-26-19-20(23)24-11-25-21(19)28;19-11-2-4-12(5-3-11)21-13-7-10(1-6-14(13)24-9-16(21)22)8-15-17(23)20-18(25)26-15;1-11-3-5-13(22(23)24)7-15(11)27(25,26)20(2)19-9-14-8-18-16-6-4-12(17)10-21(14)16;16-11-10(18-12(17)15-11)6-7-1-2-8-9(5-7)14-4-3-13-8/h4-17H,1-3H3;3-9,11-12H,10H2,1-2H3,(H2,23,24,25);1-8H,9H2,(H,20,23,25);3-10H,1-2H3;1-6H,(H,15,16,17)/b;;15-8-;19-9+;10-6-. The monoisotopic (exact) mass is 1980 g/mol. The summed E-state index contributed by atoms with van der Waals surface area (Å²) in [6.45, 7) is 9.51. The first kappa shape index (κ1) is 92.7. The number of thioether (sulfide) groups is 2. The maximum absolute atomic E-state index is 13.6. The van der Waals surface area contributed by atoms with Crippen molar-refractivity contribution < 1.29 is 37.3 Å². The van der Waals surface area contributed by atoms with Crippen LogP contribution in [0.5, 0.6) is 5.75 Å². The fourth-order valence-corrected chi connectivity index (χ4v) is 18.6. The summed E-state index contributed by atoms with van der Waals surface area (Å²) in [7, 11) is -1.02. The summed E-state index contributed by atoms with van der Waals surface area (Å²) in [5, 5.41) is 32.1. The van der Waals surface area contributed by atoms with Gasteiger partial charge in [-0.25, -0.2) is 29.7 Å². The quantitative estimate of drug-likeness (QED) is 0.0299. The topological polar surface area (TPSA) is 422 Å². The number of aromatic nitrogens is 14. The molecule has 0 radical (unpaired) electrons. The number of nitriles is 1. The van der Waals surface area contributed by atoms with Gasteiger partial charge in [-0.1, -0.05) is 121 Å². The highest BCUT2D eigenvalue weighted by Crippen LogP contribution is 2.41. The molecule has 0 saturated carbocycles. The van der Waals surface area contributed by atoms with Crippen LogP contribution in [0.2, 0.25) is 5.02 Å². The Kier molecular flexibility index (Phi) is 26.2. The van der Waals surface area contributed by atoms with Gasteiger partial charge in [-0.15, -0.1) is 0 Å². The van der Waals surface area contributed by atoms with E-state index in [9.17, 15) is 52.6 Å². The Hall–Kier alpha value is -16.2. The van der Waals surface area contributed by atoms with E-state index in [0.29, 0.717) is 93.4 Å². The van der Waals surface area contributed by atoms with Crippen molar-refractivity contribution in [2.24, 2.45) is 12.1 Å². The zero-order valence-electron chi connectivity index (χ0n) is 73.3. The molecular weight excluding hydrogens is 1900 g/mol. The number of non-ortho nitro benzene ring substituents is 1. The molecule has 137 heavy (non-hydrogen) atoms. The van der Waals surface area contributed by atoms with E-state index in [0.717, 1.165) is 121 Å². The normalized spacial score (nSPS) is 13.7. The first-order valence-electron chi connectivity index (χ1n) is 41.7. The number of hydrazone groups is 1. The lowest BCUT2D eigenvalue weighted by atomic mass is 9.86. The Balaban J connectivity index is 0.000000120. The molecule has 0 unspecified atom stereocenters. The Labute approximate surface area is 806 Å². The number of thiocarbonyl (C=S) groups is 1. The van der Waals surface area contributed by atoms with Crippen LogP contribution >= 0.6 is 63.3 Å². The van der Waals surface area contributed by atoms with E-state index in [2.05, 4.69) is 95.8 Å². The molecule has 0 atom stereocenters. The molecule has 0 bridgehead atoms. The minimum absolute atomic E-state index is 0.0391. The number of hydrogen-bond acceptors (Lipinski definition) is 26. The number of imidazole rings is 3. The van der Waals surface area contributed by atoms with Crippen LogP contribution in [-0.4, -0.2) is 132 Å². The summed E-state index contributed by atoms with van der Waals surface area (Å²) in [6.07, 6.45) is 18.0. The Morgan fingerprint density at radius 1 is 0.693 bits per heavy atom. The molecule has 0 spiro atoms. The molecule has 18 aromatic rings. The first-order valence-corrected chi connectivity index (χ1v) is 46.3. The van der Waals surface area contributed by atoms with Crippen LogP contribution in [0.15, 0.2) is 290 Å². The van der Waals surface area contributed by atoms with Gasteiger partial charge in [0.1, 0.15) is 33.4 Å². The van der Waals surface area contributed by atoms with Crippen LogP contribution in [0.1, 0.15) is 58.7 Å². The zero-order valence-corrected chi connectivity index (χ0v) is 79.0. The van der Waals surface area contributed by atoms with Crippen molar-refractivity contribution in [2.45, 2.75) is 51.5 Å². The highest BCUT2D eigenvalue weighted by Gasteiger charge is 2.31. The molecule has 33 nitrogen and oxygen atoms in total. The molecule has 3 aliphatic heterocycles. The minimum Gasteiger partial charge on any atom is -0.482 e. The first-order chi connectivity index (χ1) is 65.8. The van der Waals surface area contributed by atoms with Crippen molar-refractivity contribution in [3.63, 3.8) is 0 Å². The molecule has 2 fully saturated rings. The van der Waals surface area contributed by atoms with Crippen molar-refractivity contribution in [1.29, 1.82) is 5.26 Å². The summed E-state index contributed by atoms with van der Waals surface area (Å²) < 4.78 is 41.7. The van der Waals surface area contributed by atoms with Crippen molar-refractivity contribution >= 4 is 213 Å². The van der Waals surface area contributed by atoms with Gasteiger partial charge in [-0.3, -0.25) is 82.3 Å². The van der Waals surface area contributed by atoms with Crippen LogP contribution < -0.4 is 37.3 Å². The van der Waals surface area contributed by atoms with Crippen LogP contribution in [-0.2, 0) is 43.4 Å². The summed E-state index contributed by atoms with van der Waals surface area (Å²) in [5.41, 5.74) is 22.3. The number of rotatable bonds is 14. The number of nitrogens with zero attached hydrogens (tertiary/aromatic N) is 19. The van der Waals surface area contributed by atoms with Gasteiger partial charge in [0.05, 0.1) is 129 Å². The number of aryl methyl sites for hydroxylation is 4. The maximum Gasteiger partial charge on any atom is 0.333 e. The minimum atomic E-state index is -4.05. The highest BCUT2D eigenvalue weighted by molar-refractivity contribution is 9.10. The van der Waals surface area contributed by atoms with Crippen molar-refractivity contribution in [3.8, 4) is 34.3 Å². The van der Waals surface area contributed by atoms with Gasteiger partial charge in [0.2, 0.25) is 0 Å². The van der Waals surface area contributed by atoms with Crippen LogP contribution in [0.4, 0.5) is 27.7 Å². The van der Waals surface area contributed by atoms with Gasteiger partial charge in [-0.2, -0.15) is 23.2 Å². The van der Waals surface area contributed by atoms with Gasteiger partial charge < -0.3 is 20.4 Å². The summed E-state index contributed by atoms with van der Waals surface area (Å²) in [4.78, 5) is 126. The Morgan fingerprint density at radius 3 is 2.14 bits per heavy atom. The Bertz CT molecular complexity index is 8450.